The maximum atomic E-state index is 11.4. The second-order valence-electron chi connectivity index (χ2n) is 10.9. The van der Waals surface area contributed by atoms with Crippen molar-refractivity contribution in [2.75, 3.05) is 0 Å². The molecule has 0 atom stereocenters. The Morgan fingerprint density at radius 3 is 2.41 bits per heavy atom. The van der Waals surface area contributed by atoms with Crippen LogP contribution in [-0.2, 0) is 0 Å². The normalized spacial score (nSPS) is 11.8. The number of fused-ring (bicyclic) bond motifs is 9. The van der Waals surface area contributed by atoms with E-state index in [1.807, 2.05) is 72.8 Å². The van der Waals surface area contributed by atoms with Gasteiger partial charge >= 0.3 is 0 Å². The Balaban J connectivity index is 1.30. The minimum Gasteiger partial charge on any atom is -0.457 e. The molecule has 0 radical (unpaired) electrons. The third kappa shape index (κ3) is 3.66. The summed E-state index contributed by atoms with van der Waals surface area (Å²) in [6.45, 7) is 0. The maximum absolute atomic E-state index is 11.4. The predicted octanol–water partition coefficient (Wildman–Crippen LogP) is 10.1. The molecule has 0 saturated heterocycles. The molecule has 0 fully saturated rings. The Labute approximate surface area is 249 Å². The lowest BCUT2D eigenvalue weighted by atomic mass is 10.1. The van der Waals surface area contributed by atoms with Crippen LogP contribution in [0.15, 0.2) is 132 Å². The predicted molar refractivity (Wildman–Crippen MR) is 174 cm³/mol. The highest BCUT2D eigenvalue weighted by Gasteiger charge is 2.20. The minimum absolute atomic E-state index is 0.0755. The maximum Gasteiger partial charge on any atom is 0.270 e. The summed E-state index contributed by atoms with van der Waals surface area (Å²) in [5.74, 6) is 1.45. The molecule has 3 heterocycles. The first-order valence-corrected chi connectivity index (χ1v) is 14.2. The van der Waals surface area contributed by atoms with Crippen LogP contribution in [0.25, 0.3) is 71.1 Å². The molecule has 0 aliphatic heterocycles. The van der Waals surface area contributed by atoms with Crippen molar-refractivity contribution in [2.24, 2.45) is 0 Å². The van der Waals surface area contributed by atoms with E-state index in [0.717, 1.165) is 82.6 Å². The van der Waals surface area contributed by atoms with Crippen molar-refractivity contribution < 1.29 is 14.1 Å². The summed E-state index contributed by atoms with van der Waals surface area (Å²) in [6.07, 6.45) is 1.78. The Morgan fingerprint density at radius 2 is 1.48 bits per heavy atom. The fourth-order valence-electron chi connectivity index (χ4n) is 6.37. The monoisotopic (exact) mass is 571 g/mol. The van der Waals surface area contributed by atoms with Gasteiger partial charge in [0.25, 0.3) is 5.69 Å². The van der Waals surface area contributed by atoms with E-state index in [2.05, 4.69) is 39.9 Å². The second-order valence-corrected chi connectivity index (χ2v) is 10.9. The van der Waals surface area contributed by atoms with Gasteiger partial charge in [-0.2, -0.15) is 0 Å². The molecule has 0 saturated carbocycles. The number of nitro groups is 1. The number of hydrogen-bond acceptors (Lipinski definition) is 5. The van der Waals surface area contributed by atoms with Crippen molar-refractivity contribution in [1.82, 2.24) is 9.55 Å². The van der Waals surface area contributed by atoms with Gasteiger partial charge in [0.1, 0.15) is 22.7 Å². The number of non-ortho nitro benzene ring substituents is 1. The highest BCUT2D eigenvalue weighted by molar-refractivity contribution is 6.27. The number of furan rings is 1. The number of ether oxygens (including phenoxy) is 1. The number of pyridine rings is 1. The van der Waals surface area contributed by atoms with E-state index in [9.17, 15) is 10.1 Å². The van der Waals surface area contributed by atoms with Crippen molar-refractivity contribution in [3.8, 4) is 17.2 Å². The molecule has 0 amide bonds. The first kappa shape index (κ1) is 24.4. The van der Waals surface area contributed by atoms with Crippen LogP contribution in [0.4, 0.5) is 5.69 Å². The molecule has 7 heteroatoms. The van der Waals surface area contributed by atoms with Gasteiger partial charge in [-0.1, -0.05) is 30.3 Å². The third-order valence-corrected chi connectivity index (χ3v) is 8.33. The molecular formula is C37H21N3O4. The van der Waals surface area contributed by atoms with Gasteiger partial charge in [-0.15, -0.1) is 0 Å². The van der Waals surface area contributed by atoms with Crippen LogP contribution in [0.1, 0.15) is 0 Å². The van der Waals surface area contributed by atoms with Gasteiger partial charge in [0.05, 0.1) is 21.5 Å². The van der Waals surface area contributed by atoms with Gasteiger partial charge in [-0.25, -0.2) is 0 Å². The minimum atomic E-state index is -0.366. The average molecular weight is 572 g/mol. The molecular weight excluding hydrogens is 550 g/mol. The molecule has 0 aliphatic rings. The summed E-state index contributed by atoms with van der Waals surface area (Å²) >= 11 is 0. The summed E-state index contributed by atoms with van der Waals surface area (Å²) in [5.41, 5.74) is 5.62. The van der Waals surface area contributed by atoms with Crippen LogP contribution < -0.4 is 4.74 Å². The molecule has 208 valence electrons. The highest BCUT2D eigenvalue weighted by Crippen LogP contribution is 2.43. The molecule has 6 aromatic carbocycles. The SMILES string of the molecule is O=[N+]([O-])c1ccc2cc(-n3c4ccc(Oc5ccc6ncccc6c5)cc4c4c5c(ccc43)oc3ccccc35)ccc2c1. The van der Waals surface area contributed by atoms with Crippen LogP contribution in [0.3, 0.4) is 0 Å². The van der Waals surface area contributed by atoms with Gasteiger partial charge in [0, 0.05) is 50.9 Å². The van der Waals surface area contributed by atoms with Crippen molar-refractivity contribution >= 4 is 71.1 Å². The fraction of sp³-hybridized carbons (Fsp3) is 0. The van der Waals surface area contributed by atoms with E-state index in [-0.39, 0.29) is 10.6 Å². The van der Waals surface area contributed by atoms with Crippen molar-refractivity contribution in [3.63, 3.8) is 0 Å². The Bertz CT molecular complexity index is 2630. The second kappa shape index (κ2) is 9.14. The number of nitrogens with zero attached hydrogens (tertiary/aromatic N) is 3. The van der Waals surface area contributed by atoms with Crippen molar-refractivity contribution in [1.29, 1.82) is 0 Å². The molecule has 9 aromatic rings. The summed E-state index contributed by atoms with van der Waals surface area (Å²) in [4.78, 5) is 15.4. The average Bonchev–Trinajstić information content (AvgIpc) is 3.59. The van der Waals surface area contributed by atoms with Gasteiger partial charge in [0.15, 0.2) is 0 Å². The highest BCUT2D eigenvalue weighted by atomic mass is 16.6. The van der Waals surface area contributed by atoms with E-state index >= 15 is 0 Å². The molecule has 0 spiro atoms. The van der Waals surface area contributed by atoms with E-state index in [4.69, 9.17) is 9.15 Å². The van der Waals surface area contributed by atoms with Gasteiger partial charge in [-0.3, -0.25) is 15.1 Å². The Kier molecular flexibility index (Phi) is 5.07. The molecule has 0 bridgehead atoms. The van der Waals surface area contributed by atoms with E-state index in [1.54, 1.807) is 24.4 Å². The molecule has 44 heavy (non-hydrogen) atoms. The standard InChI is InChI=1S/C37H21N3O4/c41-40(42)26-10-8-22-18-25(9-7-23(22)19-26)39-32-14-12-28(43-27-11-13-31-24(20-27)4-3-17-38-31)21-30(32)36-33(39)15-16-35-37(36)29-5-1-2-6-34(29)44-35/h1-21H. The zero-order valence-electron chi connectivity index (χ0n) is 23.1. The van der Waals surface area contributed by atoms with Gasteiger partial charge in [0.2, 0.25) is 0 Å². The largest absolute Gasteiger partial charge is 0.457 e. The molecule has 3 aromatic heterocycles. The Hall–Kier alpha value is -6.21. The van der Waals surface area contributed by atoms with Crippen LogP contribution in [0.5, 0.6) is 11.5 Å². The first-order chi connectivity index (χ1) is 21.6. The molecule has 7 nitrogen and oxygen atoms in total. The number of benzene rings is 6. The van der Waals surface area contributed by atoms with Crippen LogP contribution >= 0.6 is 0 Å². The molecule has 9 rings (SSSR count). The third-order valence-electron chi connectivity index (χ3n) is 8.33. The lowest BCUT2D eigenvalue weighted by molar-refractivity contribution is -0.384. The number of nitro benzene ring substituents is 1. The van der Waals surface area contributed by atoms with Crippen molar-refractivity contribution in [3.05, 3.63) is 138 Å². The summed E-state index contributed by atoms with van der Waals surface area (Å²) in [6, 6.07) is 39.2. The summed E-state index contributed by atoms with van der Waals surface area (Å²) in [7, 11) is 0. The van der Waals surface area contributed by atoms with Crippen LogP contribution in [0.2, 0.25) is 0 Å². The molecule has 0 aliphatic carbocycles. The van der Waals surface area contributed by atoms with Crippen LogP contribution in [-0.4, -0.2) is 14.5 Å². The fourth-order valence-corrected chi connectivity index (χ4v) is 6.37. The topological polar surface area (TPSA) is 83.3 Å². The van der Waals surface area contributed by atoms with Gasteiger partial charge in [-0.05, 0) is 89.6 Å². The molecule has 0 N–H and O–H groups in total. The summed E-state index contributed by atoms with van der Waals surface area (Å²) in [5, 5.41) is 18.3. The van der Waals surface area contributed by atoms with E-state index in [0.29, 0.717) is 0 Å². The quantitative estimate of drug-likeness (QED) is 0.155. The zero-order chi connectivity index (χ0) is 29.4. The Morgan fingerprint density at radius 1 is 0.659 bits per heavy atom. The van der Waals surface area contributed by atoms with E-state index in [1.165, 1.54) is 0 Å². The lowest BCUT2D eigenvalue weighted by Crippen LogP contribution is -1.94. The number of aromatic nitrogens is 2. The molecule has 0 unspecified atom stereocenters. The zero-order valence-corrected chi connectivity index (χ0v) is 23.1. The number of rotatable bonds is 4. The number of para-hydroxylation sites is 1. The number of hydrogen-bond donors (Lipinski definition) is 0. The van der Waals surface area contributed by atoms with Crippen LogP contribution in [0, 0.1) is 10.1 Å². The smallest absolute Gasteiger partial charge is 0.270 e. The van der Waals surface area contributed by atoms with Gasteiger partial charge < -0.3 is 13.7 Å². The lowest BCUT2D eigenvalue weighted by Gasteiger charge is -2.10. The summed E-state index contributed by atoms with van der Waals surface area (Å²) < 4.78 is 14.9. The first-order valence-electron chi connectivity index (χ1n) is 14.2. The van der Waals surface area contributed by atoms with E-state index < -0.39 is 0 Å². The van der Waals surface area contributed by atoms with Crippen molar-refractivity contribution in [2.45, 2.75) is 0 Å².